The third-order valence-electron chi connectivity index (χ3n) is 2.70. The highest BCUT2D eigenvalue weighted by Gasteiger charge is 2.13. The Kier molecular flexibility index (Phi) is 4.86. The van der Waals surface area contributed by atoms with Crippen molar-refractivity contribution >= 4 is 23.1 Å². The molecule has 0 radical (unpaired) electrons. The van der Waals surface area contributed by atoms with Crippen LogP contribution >= 0.6 is 23.1 Å². The lowest BCUT2D eigenvalue weighted by Crippen LogP contribution is -2.07. The van der Waals surface area contributed by atoms with Crippen molar-refractivity contribution in [1.82, 2.24) is 4.98 Å². The molecular formula is C13H18N2OS2. The number of aryl methyl sites for hydroxylation is 1. The number of oxazole rings is 1. The molecule has 98 valence electrons. The van der Waals surface area contributed by atoms with Crippen LogP contribution in [0.15, 0.2) is 21.9 Å². The quantitative estimate of drug-likeness (QED) is 0.878. The van der Waals surface area contributed by atoms with Gasteiger partial charge in [0.1, 0.15) is 5.76 Å². The second-order valence-corrected chi connectivity index (χ2v) is 6.57. The second-order valence-electron chi connectivity index (χ2n) is 4.20. The van der Waals surface area contributed by atoms with Crippen molar-refractivity contribution in [3.8, 4) is 10.8 Å². The summed E-state index contributed by atoms with van der Waals surface area (Å²) in [6.07, 6.45) is 1.04. The second kappa shape index (κ2) is 6.41. The summed E-state index contributed by atoms with van der Waals surface area (Å²) >= 11 is 3.53. The summed E-state index contributed by atoms with van der Waals surface area (Å²) in [7, 11) is 0. The van der Waals surface area contributed by atoms with Crippen LogP contribution in [0.4, 0.5) is 0 Å². The first-order valence-electron chi connectivity index (χ1n) is 6.02. The SMILES string of the molecule is Cc1oc(-c2cccs2)nc1CSC(C)CCN. The first-order chi connectivity index (χ1) is 8.70. The normalized spacial score (nSPS) is 12.8. The summed E-state index contributed by atoms with van der Waals surface area (Å²) in [4.78, 5) is 5.66. The van der Waals surface area contributed by atoms with Gasteiger partial charge in [-0.05, 0) is 31.3 Å². The number of thioether (sulfide) groups is 1. The zero-order valence-electron chi connectivity index (χ0n) is 10.7. The predicted molar refractivity (Wildman–Crippen MR) is 79.0 cm³/mol. The Hall–Kier alpha value is -0.780. The fraction of sp³-hybridized carbons (Fsp3) is 0.462. The Morgan fingerprint density at radius 1 is 1.56 bits per heavy atom. The molecule has 5 heteroatoms. The molecule has 0 amide bonds. The van der Waals surface area contributed by atoms with Crippen LogP contribution in [0.3, 0.4) is 0 Å². The lowest BCUT2D eigenvalue weighted by atomic mass is 10.3. The molecule has 2 heterocycles. The molecule has 0 fully saturated rings. The van der Waals surface area contributed by atoms with Crippen molar-refractivity contribution in [3.63, 3.8) is 0 Å². The molecule has 0 saturated heterocycles. The van der Waals surface area contributed by atoms with E-state index in [9.17, 15) is 0 Å². The fourth-order valence-corrected chi connectivity index (χ4v) is 3.27. The van der Waals surface area contributed by atoms with Gasteiger partial charge in [-0.15, -0.1) is 11.3 Å². The van der Waals surface area contributed by atoms with Gasteiger partial charge in [-0.3, -0.25) is 0 Å². The molecule has 3 nitrogen and oxygen atoms in total. The molecule has 1 unspecified atom stereocenters. The molecule has 0 saturated carbocycles. The minimum Gasteiger partial charge on any atom is -0.440 e. The molecule has 18 heavy (non-hydrogen) atoms. The minimum absolute atomic E-state index is 0.566. The van der Waals surface area contributed by atoms with Crippen LogP contribution in [-0.2, 0) is 5.75 Å². The Bertz CT molecular complexity index is 479. The molecule has 0 aliphatic heterocycles. The Labute approximate surface area is 116 Å². The molecule has 0 aliphatic rings. The summed E-state index contributed by atoms with van der Waals surface area (Å²) in [5.41, 5.74) is 6.60. The molecule has 2 aromatic rings. The number of aromatic nitrogens is 1. The van der Waals surface area contributed by atoms with Gasteiger partial charge in [0.2, 0.25) is 5.89 Å². The van der Waals surface area contributed by atoms with Crippen LogP contribution in [0, 0.1) is 6.92 Å². The van der Waals surface area contributed by atoms with E-state index in [1.807, 2.05) is 36.2 Å². The fourth-order valence-electron chi connectivity index (χ4n) is 1.61. The first kappa shape index (κ1) is 13.6. The van der Waals surface area contributed by atoms with Crippen LogP contribution in [0.2, 0.25) is 0 Å². The molecule has 2 N–H and O–H groups in total. The van der Waals surface area contributed by atoms with E-state index in [0.29, 0.717) is 5.25 Å². The first-order valence-corrected chi connectivity index (χ1v) is 7.95. The number of rotatable bonds is 6. The standard InChI is InChI=1S/C13H18N2OS2/c1-9(5-6-14)18-8-11-10(2)16-13(15-11)12-4-3-7-17-12/h3-4,7,9H,5-6,8,14H2,1-2H3. The minimum atomic E-state index is 0.566. The van der Waals surface area contributed by atoms with E-state index in [2.05, 4.69) is 11.9 Å². The van der Waals surface area contributed by atoms with Crippen LogP contribution in [0.5, 0.6) is 0 Å². The molecule has 0 spiro atoms. The third kappa shape index (κ3) is 3.37. The molecule has 0 aromatic carbocycles. The lowest BCUT2D eigenvalue weighted by Gasteiger charge is -2.07. The highest BCUT2D eigenvalue weighted by atomic mass is 32.2. The van der Waals surface area contributed by atoms with Crippen molar-refractivity contribution in [2.24, 2.45) is 5.73 Å². The maximum absolute atomic E-state index is 5.71. The van der Waals surface area contributed by atoms with E-state index in [0.717, 1.165) is 40.9 Å². The van der Waals surface area contributed by atoms with Crippen LogP contribution < -0.4 is 5.73 Å². The summed E-state index contributed by atoms with van der Waals surface area (Å²) < 4.78 is 5.71. The largest absolute Gasteiger partial charge is 0.440 e. The van der Waals surface area contributed by atoms with Crippen molar-refractivity contribution < 1.29 is 4.42 Å². The van der Waals surface area contributed by atoms with Gasteiger partial charge in [0.25, 0.3) is 0 Å². The average molecular weight is 282 g/mol. The van der Waals surface area contributed by atoms with Crippen molar-refractivity contribution in [3.05, 3.63) is 29.0 Å². The molecule has 0 bridgehead atoms. The Morgan fingerprint density at radius 2 is 2.39 bits per heavy atom. The van der Waals surface area contributed by atoms with Gasteiger partial charge < -0.3 is 10.2 Å². The molecule has 0 aliphatic carbocycles. The molecule has 2 rings (SSSR count). The number of nitrogens with two attached hydrogens (primary N) is 1. The summed E-state index contributed by atoms with van der Waals surface area (Å²) in [6.45, 7) is 4.92. The molecular weight excluding hydrogens is 264 g/mol. The number of hydrogen-bond acceptors (Lipinski definition) is 5. The number of thiophene rings is 1. The van der Waals surface area contributed by atoms with Gasteiger partial charge in [-0.25, -0.2) is 4.98 Å². The van der Waals surface area contributed by atoms with Gasteiger partial charge in [-0.2, -0.15) is 11.8 Å². The topological polar surface area (TPSA) is 52.0 Å². The molecule has 1 atom stereocenters. The van der Waals surface area contributed by atoms with Crippen molar-refractivity contribution in [1.29, 1.82) is 0 Å². The lowest BCUT2D eigenvalue weighted by molar-refractivity contribution is 0.542. The summed E-state index contributed by atoms with van der Waals surface area (Å²) in [5.74, 6) is 2.55. The summed E-state index contributed by atoms with van der Waals surface area (Å²) in [5, 5.41) is 2.60. The Balaban J connectivity index is 2.01. The van der Waals surface area contributed by atoms with Crippen LogP contribution in [-0.4, -0.2) is 16.8 Å². The highest BCUT2D eigenvalue weighted by molar-refractivity contribution is 7.99. The predicted octanol–water partition coefficient (Wildman–Crippen LogP) is 3.68. The van der Waals surface area contributed by atoms with E-state index in [4.69, 9.17) is 10.2 Å². The average Bonchev–Trinajstić information content (AvgIpc) is 2.96. The molecule has 2 aromatic heterocycles. The monoisotopic (exact) mass is 282 g/mol. The van der Waals surface area contributed by atoms with Gasteiger partial charge >= 0.3 is 0 Å². The Morgan fingerprint density at radius 3 is 3.06 bits per heavy atom. The van der Waals surface area contributed by atoms with Gasteiger partial charge in [0, 0.05) is 11.0 Å². The highest BCUT2D eigenvalue weighted by Crippen LogP contribution is 2.28. The zero-order chi connectivity index (χ0) is 13.0. The maximum Gasteiger partial charge on any atom is 0.236 e. The van der Waals surface area contributed by atoms with Crippen LogP contribution in [0.25, 0.3) is 10.8 Å². The van der Waals surface area contributed by atoms with E-state index in [1.54, 1.807) is 11.3 Å². The van der Waals surface area contributed by atoms with E-state index in [-0.39, 0.29) is 0 Å². The van der Waals surface area contributed by atoms with Gasteiger partial charge in [0.15, 0.2) is 0 Å². The maximum atomic E-state index is 5.71. The van der Waals surface area contributed by atoms with E-state index < -0.39 is 0 Å². The van der Waals surface area contributed by atoms with Gasteiger partial charge in [-0.1, -0.05) is 13.0 Å². The van der Waals surface area contributed by atoms with E-state index >= 15 is 0 Å². The van der Waals surface area contributed by atoms with Crippen molar-refractivity contribution in [2.75, 3.05) is 6.54 Å². The van der Waals surface area contributed by atoms with Crippen molar-refractivity contribution in [2.45, 2.75) is 31.3 Å². The smallest absolute Gasteiger partial charge is 0.236 e. The third-order valence-corrected chi connectivity index (χ3v) is 4.81. The number of nitrogens with zero attached hydrogens (tertiary/aromatic N) is 1. The zero-order valence-corrected chi connectivity index (χ0v) is 12.3. The van der Waals surface area contributed by atoms with Gasteiger partial charge in [0.05, 0.1) is 10.6 Å². The summed E-state index contributed by atoms with van der Waals surface area (Å²) in [6, 6.07) is 4.04. The van der Waals surface area contributed by atoms with E-state index in [1.165, 1.54) is 0 Å². The van der Waals surface area contributed by atoms with Crippen LogP contribution in [0.1, 0.15) is 24.8 Å². The number of hydrogen-bond donors (Lipinski definition) is 1.